The van der Waals surface area contributed by atoms with Gasteiger partial charge >= 0.3 is 5.91 Å². The highest BCUT2D eigenvalue weighted by atomic mass is 19.1. The minimum atomic E-state index is -0.857. The number of aliphatic imine (C=N–C) groups is 1. The minimum Gasteiger partial charge on any atom is -0.341 e. The second-order valence-electron chi connectivity index (χ2n) is 5.98. The van der Waals surface area contributed by atoms with Gasteiger partial charge in [-0.15, -0.1) is 6.42 Å². The number of terminal acetylenes is 1. The summed E-state index contributed by atoms with van der Waals surface area (Å²) in [6.07, 6.45) is 10.2. The molecule has 1 aliphatic heterocycles. The van der Waals surface area contributed by atoms with Crippen LogP contribution in [0.3, 0.4) is 0 Å². The average Bonchev–Trinajstić information content (AvgIpc) is 2.69. The van der Waals surface area contributed by atoms with Crippen molar-refractivity contribution in [1.82, 2.24) is 5.32 Å². The molecule has 1 unspecified atom stereocenters. The third-order valence-electron chi connectivity index (χ3n) is 4.06. The largest absolute Gasteiger partial charge is 0.341 e. The van der Waals surface area contributed by atoms with Gasteiger partial charge in [0.25, 0.3) is 18.2 Å². The Bertz CT molecular complexity index is 1010. The van der Waals surface area contributed by atoms with Crippen molar-refractivity contribution in [2.24, 2.45) is 10.9 Å². The molecule has 0 spiro atoms. The zero-order chi connectivity index (χ0) is 20.1. The van der Waals surface area contributed by atoms with E-state index in [1.807, 2.05) is 0 Å². The first kappa shape index (κ1) is 18.9. The SMILES string of the molecule is C#CCNC(=O)c1ccccc1NC(=O)C[N+]1=CN=C2C=CC(F)=CC2C1=O. The number of rotatable bonds is 5. The number of nitrogens with one attached hydrogen (secondary N) is 2. The summed E-state index contributed by atoms with van der Waals surface area (Å²) in [6, 6.07) is 6.41. The highest BCUT2D eigenvalue weighted by molar-refractivity contribution is 6.15. The lowest BCUT2D eigenvalue weighted by Crippen LogP contribution is -2.40. The number of para-hydroxylation sites is 1. The first-order valence-corrected chi connectivity index (χ1v) is 8.37. The Labute approximate surface area is 160 Å². The van der Waals surface area contributed by atoms with Crippen LogP contribution in [0, 0.1) is 18.3 Å². The summed E-state index contributed by atoms with van der Waals surface area (Å²) in [5.41, 5.74) is 0.934. The number of hydrogen-bond donors (Lipinski definition) is 2. The Hall–Kier alpha value is -3.86. The van der Waals surface area contributed by atoms with Crippen LogP contribution in [0.25, 0.3) is 0 Å². The molecular weight excluding hydrogens is 363 g/mol. The van der Waals surface area contributed by atoms with Crippen molar-refractivity contribution >= 4 is 35.5 Å². The highest BCUT2D eigenvalue weighted by Gasteiger charge is 2.36. The van der Waals surface area contributed by atoms with E-state index >= 15 is 0 Å². The highest BCUT2D eigenvalue weighted by Crippen LogP contribution is 2.19. The molecule has 28 heavy (non-hydrogen) atoms. The van der Waals surface area contributed by atoms with Crippen LogP contribution in [0.1, 0.15) is 10.4 Å². The molecule has 2 aliphatic rings. The van der Waals surface area contributed by atoms with Gasteiger partial charge in [-0.25, -0.2) is 9.18 Å². The predicted octanol–water partition coefficient (Wildman–Crippen LogP) is 1.05. The first-order valence-electron chi connectivity index (χ1n) is 8.37. The van der Waals surface area contributed by atoms with Crippen LogP contribution < -0.4 is 10.6 Å². The number of carbonyl (C=O) groups excluding carboxylic acids is 3. The minimum absolute atomic E-state index is 0.0542. The zero-order valence-corrected chi connectivity index (χ0v) is 14.7. The van der Waals surface area contributed by atoms with Crippen LogP contribution >= 0.6 is 0 Å². The molecule has 1 aliphatic carbocycles. The van der Waals surface area contributed by atoms with Crippen molar-refractivity contribution in [2.75, 3.05) is 18.4 Å². The molecule has 0 radical (unpaired) electrons. The third-order valence-corrected chi connectivity index (χ3v) is 4.06. The van der Waals surface area contributed by atoms with E-state index in [0.29, 0.717) is 5.71 Å². The molecule has 0 aromatic heterocycles. The van der Waals surface area contributed by atoms with Gasteiger partial charge in [-0.1, -0.05) is 23.0 Å². The summed E-state index contributed by atoms with van der Waals surface area (Å²) >= 11 is 0. The number of carbonyl (C=O) groups is 3. The van der Waals surface area contributed by atoms with Gasteiger partial charge in [0.05, 0.1) is 17.8 Å². The van der Waals surface area contributed by atoms with Crippen molar-refractivity contribution in [3.63, 3.8) is 0 Å². The van der Waals surface area contributed by atoms with E-state index in [9.17, 15) is 18.8 Å². The lowest BCUT2D eigenvalue weighted by atomic mass is 9.96. The monoisotopic (exact) mass is 379 g/mol. The van der Waals surface area contributed by atoms with Gasteiger partial charge in [-0.3, -0.25) is 9.59 Å². The normalized spacial score (nSPS) is 17.5. The van der Waals surface area contributed by atoms with Gasteiger partial charge in [-0.05, 0) is 30.4 Å². The van der Waals surface area contributed by atoms with E-state index in [-0.39, 0.29) is 24.3 Å². The summed E-state index contributed by atoms with van der Waals surface area (Å²) in [4.78, 5) is 41.1. The number of amides is 3. The topological polar surface area (TPSA) is 90.6 Å². The molecule has 1 aromatic rings. The van der Waals surface area contributed by atoms with E-state index in [1.165, 1.54) is 24.6 Å². The molecule has 1 atom stereocenters. The lowest BCUT2D eigenvalue weighted by Gasteiger charge is -2.15. The number of allylic oxidation sites excluding steroid dienone is 3. The number of fused-ring (bicyclic) bond motifs is 1. The molecular formula is C20H16FN4O3+. The Morgan fingerprint density at radius 3 is 2.86 bits per heavy atom. The molecule has 0 bridgehead atoms. The van der Waals surface area contributed by atoms with Crippen LogP contribution in [-0.2, 0) is 9.59 Å². The van der Waals surface area contributed by atoms with Crippen LogP contribution in [0.5, 0.6) is 0 Å². The number of nitrogens with zero attached hydrogens (tertiary/aromatic N) is 2. The average molecular weight is 379 g/mol. The number of anilines is 1. The lowest BCUT2D eigenvalue weighted by molar-refractivity contribution is -0.436. The van der Waals surface area contributed by atoms with E-state index in [0.717, 1.165) is 10.7 Å². The first-order chi connectivity index (χ1) is 13.5. The standard InChI is InChI=1S/C20H15FN4O3/c1-2-9-22-19(27)14-5-3-4-6-17(14)24-18(26)11-25-12-23-16-8-7-13(21)10-15(16)20(25)28/h1,3-8,10,12,15H,9,11H2,(H-,22,24,26,27)/p+1. The Morgan fingerprint density at radius 2 is 2.07 bits per heavy atom. The fourth-order valence-electron chi connectivity index (χ4n) is 2.74. The van der Waals surface area contributed by atoms with Crippen molar-refractivity contribution in [3.05, 3.63) is 53.9 Å². The van der Waals surface area contributed by atoms with E-state index in [4.69, 9.17) is 6.42 Å². The van der Waals surface area contributed by atoms with E-state index < -0.39 is 29.5 Å². The molecule has 3 amide bonds. The third kappa shape index (κ3) is 4.10. The molecule has 0 fully saturated rings. The van der Waals surface area contributed by atoms with E-state index in [1.54, 1.807) is 18.2 Å². The Morgan fingerprint density at radius 1 is 1.29 bits per heavy atom. The second-order valence-corrected chi connectivity index (χ2v) is 5.98. The van der Waals surface area contributed by atoms with Crippen molar-refractivity contribution in [2.45, 2.75) is 0 Å². The van der Waals surface area contributed by atoms with Crippen LogP contribution in [-0.4, -0.2) is 47.4 Å². The fraction of sp³-hybridized carbons (Fsp3) is 0.150. The number of hydrogen-bond acceptors (Lipinski definition) is 4. The Kier molecular flexibility index (Phi) is 5.56. The number of benzene rings is 1. The van der Waals surface area contributed by atoms with Crippen LogP contribution in [0.4, 0.5) is 10.1 Å². The maximum absolute atomic E-state index is 13.4. The van der Waals surface area contributed by atoms with Gasteiger partial charge in [0.15, 0.2) is 12.3 Å². The van der Waals surface area contributed by atoms with Crippen molar-refractivity contribution in [1.29, 1.82) is 0 Å². The van der Waals surface area contributed by atoms with Crippen LogP contribution in [0.15, 0.2) is 53.3 Å². The molecule has 8 heteroatoms. The predicted molar refractivity (Wildman–Crippen MR) is 102 cm³/mol. The van der Waals surface area contributed by atoms with Crippen molar-refractivity contribution < 1.29 is 23.3 Å². The summed E-state index contributed by atoms with van der Waals surface area (Å²) in [5, 5.41) is 5.12. The van der Waals surface area contributed by atoms with Gasteiger partial charge in [0.1, 0.15) is 11.7 Å². The maximum atomic E-state index is 13.4. The van der Waals surface area contributed by atoms with Gasteiger partial charge in [0.2, 0.25) is 0 Å². The molecule has 0 saturated carbocycles. The van der Waals surface area contributed by atoms with E-state index in [2.05, 4.69) is 21.5 Å². The smallest absolute Gasteiger partial charge is 0.325 e. The molecule has 1 aromatic carbocycles. The second kappa shape index (κ2) is 8.22. The summed E-state index contributed by atoms with van der Waals surface area (Å²) in [5.74, 6) is -0.513. The van der Waals surface area contributed by atoms with Gasteiger partial charge < -0.3 is 10.6 Å². The van der Waals surface area contributed by atoms with Crippen molar-refractivity contribution in [3.8, 4) is 12.3 Å². The molecule has 1 heterocycles. The Balaban J connectivity index is 1.72. The maximum Gasteiger partial charge on any atom is 0.325 e. The van der Waals surface area contributed by atoms with Gasteiger partial charge in [-0.2, -0.15) is 4.58 Å². The summed E-state index contributed by atoms with van der Waals surface area (Å²) in [7, 11) is 0. The number of halogens is 1. The quantitative estimate of drug-likeness (QED) is 0.592. The molecule has 3 rings (SSSR count). The summed E-state index contributed by atoms with van der Waals surface area (Å²) < 4.78 is 14.5. The molecule has 140 valence electrons. The molecule has 7 nitrogen and oxygen atoms in total. The molecule has 2 N–H and O–H groups in total. The summed E-state index contributed by atoms with van der Waals surface area (Å²) in [6.45, 7) is -0.274. The fourth-order valence-corrected chi connectivity index (χ4v) is 2.74. The molecule has 0 saturated heterocycles. The van der Waals surface area contributed by atoms with Gasteiger partial charge in [0, 0.05) is 0 Å². The zero-order valence-electron chi connectivity index (χ0n) is 14.7. The van der Waals surface area contributed by atoms with Crippen LogP contribution in [0.2, 0.25) is 0 Å².